The van der Waals surface area contributed by atoms with Gasteiger partial charge in [-0.15, -0.1) is 0 Å². The number of nitrogens with two attached hydrogens (primary N) is 1. The van der Waals surface area contributed by atoms with Crippen LogP contribution in [-0.4, -0.2) is 9.66 Å². The second kappa shape index (κ2) is 3.66. The van der Waals surface area contributed by atoms with Crippen molar-refractivity contribution in [2.45, 2.75) is 13.3 Å². The van der Waals surface area contributed by atoms with Crippen molar-refractivity contribution in [2.75, 3.05) is 5.84 Å². The zero-order chi connectivity index (χ0) is 11.0. The molecule has 4 nitrogen and oxygen atoms in total. The molecule has 0 amide bonds. The van der Waals surface area contributed by atoms with Crippen LogP contribution in [-0.2, 0) is 6.42 Å². The Labute approximate surface area is 94.8 Å². The molecule has 15 heavy (non-hydrogen) atoms. The molecule has 0 saturated carbocycles. The number of benzene rings is 1. The summed E-state index contributed by atoms with van der Waals surface area (Å²) in [6, 6.07) is 5.39. The van der Waals surface area contributed by atoms with Crippen molar-refractivity contribution < 1.29 is 0 Å². The summed E-state index contributed by atoms with van der Waals surface area (Å²) in [6.45, 7) is 1.91. The molecule has 2 aromatic rings. The molecule has 1 heterocycles. The lowest BCUT2D eigenvalue weighted by molar-refractivity contribution is 0.800. The van der Waals surface area contributed by atoms with E-state index in [4.69, 9.17) is 5.84 Å². The molecule has 0 aliphatic rings. The Hall–Kier alpha value is -1.36. The first-order valence-electron chi connectivity index (χ1n) is 4.59. The van der Waals surface area contributed by atoms with Crippen LogP contribution in [0.25, 0.3) is 10.9 Å². The molecule has 0 saturated heterocycles. The van der Waals surface area contributed by atoms with Crippen molar-refractivity contribution >= 4 is 26.8 Å². The van der Waals surface area contributed by atoms with Gasteiger partial charge >= 0.3 is 0 Å². The lowest BCUT2D eigenvalue weighted by atomic mass is 10.2. The van der Waals surface area contributed by atoms with E-state index in [-0.39, 0.29) is 5.56 Å². The molecule has 2 N–H and O–H groups in total. The van der Waals surface area contributed by atoms with E-state index in [2.05, 4.69) is 20.9 Å². The molecule has 0 unspecified atom stereocenters. The van der Waals surface area contributed by atoms with Gasteiger partial charge in [0.1, 0.15) is 5.82 Å². The lowest BCUT2D eigenvalue weighted by Crippen LogP contribution is -2.31. The first kappa shape index (κ1) is 10.2. The molecular formula is C10H10BrN3O. The van der Waals surface area contributed by atoms with Crippen LogP contribution in [0.15, 0.2) is 27.5 Å². The fourth-order valence-electron chi connectivity index (χ4n) is 1.47. The third-order valence-electron chi connectivity index (χ3n) is 2.25. The van der Waals surface area contributed by atoms with E-state index in [0.29, 0.717) is 23.1 Å². The van der Waals surface area contributed by atoms with Crippen LogP contribution >= 0.6 is 15.9 Å². The average molecular weight is 268 g/mol. The Morgan fingerprint density at radius 3 is 2.93 bits per heavy atom. The molecule has 5 heteroatoms. The Bertz CT molecular complexity index is 577. The van der Waals surface area contributed by atoms with Gasteiger partial charge in [-0.25, -0.2) is 9.66 Å². The fraction of sp³-hybridized carbons (Fsp3) is 0.200. The first-order valence-corrected chi connectivity index (χ1v) is 5.39. The summed E-state index contributed by atoms with van der Waals surface area (Å²) < 4.78 is 1.95. The standard InChI is InChI=1S/C10H10BrN3O/c1-2-9-13-8-4-3-6(11)5-7(8)10(15)14(9)12/h3-5H,2,12H2,1H3. The minimum absolute atomic E-state index is 0.210. The van der Waals surface area contributed by atoms with Crippen molar-refractivity contribution in [3.05, 3.63) is 38.9 Å². The van der Waals surface area contributed by atoms with E-state index >= 15 is 0 Å². The van der Waals surface area contributed by atoms with Crippen molar-refractivity contribution in [3.8, 4) is 0 Å². The maximum Gasteiger partial charge on any atom is 0.279 e. The van der Waals surface area contributed by atoms with Crippen molar-refractivity contribution in [3.63, 3.8) is 0 Å². The minimum atomic E-state index is -0.210. The Balaban J connectivity index is 2.91. The minimum Gasteiger partial charge on any atom is -0.335 e. The fourth-order valence-corrected chi connectivity index (χ4v) is 1.83. The molecule has 0 fully saturated rings. The van der Waals surface area contributed by atoms with Crippen molar-refractivity contribution in [1.29, 1.82) is 0 Å². The highest BCUT2D eigenvalue weighted by atomic mass is 79.9. The molecular weight excluding hydrogens is 258 g/mol. The predicted molar refractivity (Wildman–Crippen MR) is 63.2 cm³/mol. The normalized spacial score (nSPS) is 10.8. The highest BCUT2D eigenvalue weighted by molar-refractivity contribution is 9.10. The number of halogens is 1. The van der Waals surface area contributed by atoms with Gasteiger partial charge in [0, 0.05) is 10.9 Å². The van der Waals surface area contributed by atoms with Crippen LogP contribution in [0.1, 0.15) is 12.7 Å². The summed E-state index contributed by atoms with van der Waals surface area (Å²) in [5.74, 6) is 6.23. The summed E-state index contributed by atoms with van der Waals surface area (Å²) in [7, 11) is 0. The summed E-state index contributed by atoms with van der Waals surface area (Å²) in [6.07, 6.45) is 0.637. The number of aryl methyl sites for hydroxylation is 1. The van der Waals surface area contributed by atoms with E-state index in [1.807, 2.05) is 13.0 Å². The number of hydrogen-bond acceptors (Lipinski definition) is 3. The van der Waals surface area contributed by atoms with Gasteiger partial charge in [0.2, 0.25) is 0 Å². The summed E-state index contributed by atoms with van der Waals surface area (Å²) in [5.41, 5.74) is 0.472. The molecule has 0 spiro atoms. The average Bonchev–Trinajstić information content (AvgIpc) is 2.24. The number of aromatic nitrogens is 2. The Kier molecular flexibility index (Phi) is 2.48. The van der Waals surface area contributed by atoms with E-state index in [1.165, 1.54) is 0 Å². The molecule has 0 bridgehead atoms. The summed E-state index contributed by atoms with van der Waals surface area (Å²) in [5, 5.41) is 0.532. The largest absolute Gasteiger partial charge is 0.335 e. The van der Waals surface area contributed by atoms with Gasteiger partial charge in [-0.05, 0) is 18.2 Å². The molecule has 1 aromatic carbocycles. The lowest BCUT2D eigenvalue weighted by Gasteiger charge is -2.06. The number of rotatable bonds is 1. The number of nitrogens with zero attached hydrogens (tertiary/aromatic N) is 2. The topological polar surface area (TPSA) is 60.9 Å². The van der Waals surface area contributed by atoms with Gasteiger partial charge in [-0.2, -0.15) is 0 Å². The van der Waals surface area contributed by atoms with Crippen LogP contribution in [0.3, 0.4) is 0 Å². The Morgan fingerprint density at radius 1 is 1.53 bits per heavy atom. The molecule has 2 rings (SSSR count). The summed E-state index contributed by atoms with van der Waals surface area (Å²) >= 11 is 3.31. The van der Waals surface area contributed by atoms with Crippen LogP contribution in [0.4, 0.5) is 0 Å². The third-order valence-corrected chi connectivity index (χ3v) is 2.74. The maximum atomic E-state index is 11.8. The molecule has 0 aliphatic heterocycles. The number of hydrogen-bond donors (Lipinski definition) is 1. The number of nitrogen functional groups attached to an aromatic ring is 1. The van der Waals surface area contributed by atoms with Gasteiger partial charge in [0.25, 0.3) is 5.56 Å². The van der Waals surface area contributed by atoms with E-state index < -0.39 is 0 Å². The molecule has 1 aromatic heterocycles. The van der Waals surface area contributed by atoms with Crippen molar-refractivity contribution in [1.82, 2.24) is 9.66 Å². The maximum absolute atomic E-state index is 11.8. The molecule has 78 valence electrons. The zero-order valence-corrected chi connectivity index (χ0v) is 9.78. The first-order chi connectivity index (χ1) is 7.13. The highest BCUT2D eigenvalue weighted by Crippen LogP contribution is 2.15. The van der Waals surface area contributed by atoms with Gasteiger partial charge < -0.3 is 5.84 Å². The van der Waals surface area contributed by atoms with Crippen LogP contribution in [0, 0.1) is 0 Å². The third kappa shape index (κ3) is 1.63. The van der Waals surface area contributed by atoms with Gasteiger partial charge in [-0.1, -0.05) is 22.9 Å². The number of fused-ring (bicyclic) bond motifs is 1. The van der Waals surface area contributed by atoms with Crippen LogP contribution in [0.2, 0.25) is 0 Å². The molecule has 0 atom stereocenters. The van der Waals surface area contributed by atoms with E-state index in [9.17, 15) is 4.79 Å². The van der Waals surface area contributed by atoms with E-state index in [1.54, 1.807) is 12.1 Å². The second-order valence-electron chi connectivity index (χ2n) is 3.22. The molecule has 0 radical (unpaired) electrons. The monoisotopic (exact) mass is 267 g/mol. The SMILES string of the molecule is CCc1nc2ccc(Br)cc2c(=O)n1N. The van der Waals surface area contributed by atoms with E-state index in [0.717, 1.165) is 9.15 Å². The molecule has 0 aliphatic carbocycles. The zero-order valence-electron chi connectivity index (χ0n) is 8.20. The Morgan fingerprint density at radius 2 is 2.27 bits per heavy atom. The van der Waals surface area contributed by atoms with Crippen LogP contribution in [0.5, 0.6) is 0 Å². The van der Waals surface area contributed by atoms with Crippen molar-refractivity contribution in [2.24, 2.45) is 0 Å². The van der Waals surface area contributed by atoms with Gasteiger partial charge in [0.15, 0.2) is 0 Å². The quantitative estimate of drug-likeness (QED) is 0.796. The van der Waals surface area contributed by atoms with Gasteiger partial charge in [-0.3, -0.25) is 4.79 Å². The highest BCUT2D eigenvalue weighted by Gasteiger charge is 2.07. The smallest absolute Gasteiger partial charge is 0.279 e. The predicted octanol–water partition coefficient (Wildman–Crippen LogP) is 1.44. The van der Waals surface area contributed by atoms with Gasteiger partial charge in [0.05, 0.1) is 10.9 Å². The summed E-state index contributed by atoms with van der Waals surface area (Å²) in [4.78, 5) is 16.1. The second-order valence-corrected chi connectivity index (χ2v) is 4.13. The van der Waals surface area contributed by atoms with Crippen LogP contribution < -0.4 is 11.4 Å².